The van der Waals surface area contributed by atoms with E-state index in [1.165, 1.54) is 0 Å². The lowest BCUT2D eigenvalue weighted by Gasteiger charge is -2.11. The van der Waals surface area contributed by atoms with Crippen LogP contribution in [-0.2, 0) is 18.0 Å². The van der Waals surface area contributed by atoms with E-state index < -0.39 is 0 Å². The second-order valence-corrected chi connectivity index (χ2v) is 6.18. The maximum atomic E-state index is 6.16. The summed E-state index contributed by atoms with van der Waals surface area (Å²) in [5, 5.41) is 1.21. The number of methoxy groups -OCH3 is 1. The third-order valence-electron chi connectivity index (χ3n) is 3.61. The average molecular weight is 375 g/mol. The maximum Gasteiger partial charge on any atom is 0.162 e. The molecule has 0 fully saturated rings. The summed E-state index contributed by atoms with van der Waals surface area (Å²) >= 11 is 12.1. The van der Waals surface area contributed by atoms with E-state index in [-0.39, 0.29) is 0 Å². The molecule has 2 aromatic carbocycles. The van der Waals surface area contributed by atoms with Crippen molar-refractivity contribution in [3.63, 3.8) is 0 Å². The molecule has 0 unspecified atom stereocenters. The van der Waals surface area contributed by atoms with Gasteiger partial charge in [-0.05, 0) is 41.5 Å². The van der Waals surface area contributed by atoms with Gasteiger partial charge in [-0.25, -0.2) is 9.97 Å². The van der Waals surface area contributed by atoms with Crippen molar-refractivity contribution in [2.75, 3.05) is 7.11 Å². The highest BCUT2D eigenvalue weighted by Gasteiger charge is 2.10. The Labute approximate surface area is 156 Å². The Bertz CT molecular complexity index is 857. The van der Waals surface area contributed by atoms with Crippen LogP contribution in [0.5, 0.6) is 5.75 Å². The van der Waals surface area contributed by atoms with Crippen molar-refractivity contribution in [1.82, 2.24) is 9.97 Å². The Kier molecular flexibility index (Phi) is 5.87. The zero-order chi connectivity index (χ0) is 17.6. The van der Waals surface area contributed by atoms with E-state index in [9.17, 15) is 0 Å². The number of rotatable bonds is 6. The van der Waals surface area contributed by atoms with Crippen LogP contribution in [0.1, 0.15) is 11.1 Å². The number of ether oxygens (including phenoxy) is 2. The van der Waals surface area contributed by atoms with Gasteiger partial charge in [0, 0.05) is 22.4 Å². The average Bonchev–Trinajstić information content (AvgIpc) is 2.64. The van der Waals surface area contributed by atoms with Gasteiger partial charge in [-0.1, -0.05) is 35.3 Å². The van der Waals surface area contributed by atoms with Crippen LogP contribution in [0.2, 0.25) is 10.0 Å². The minimum Gasteiger partial charge on any atom is -0.496 e. The summed E-state index contributed by atoms with van der Waals surface area (Å²) in [6, 6.07) is 13.0. The number of aromatic nitrogens is 2. The van der Waals surface area contributed by atoms with Gasteiger partial charge < -0.3 is 9.47 Å². The standard InChI is InChI=1S/C19H16Cl2N2O2/c1-24-18-6-3-13(9-16(18)19-22-7-2-8-23-19)11-25-12-14-4-5-15(20)10-17(14)21/h2-10H,11-12H2,1H3. The molecule has 0 amide bonds. The molecule has 0 aliphatic rings. The smallest absolute Gasteiger partial charge is 0.162 e. The third kappa shape index (κ3) is 4.48. The molecule has 0 aliphatic heterocycles. The number of hydrogen-bond donors (Lipinski definition) is 0. The number of halogens is 2. The molecule has 128 valence electrons. The molecule has 4 nitrogen and oxygen atoms in total. The molecule has 0 N–H and O–H groups in total. The van der Waals surface area contributed by atoms with Crippen LogP contribution in [0.25, 0.3) is 11.4 Å². The van der Waals surface area contributed by atoms with Gasteiger partial charge in [0.1, 0.15) is 5.75 Å². The summed E-state index contributed by atoms with van der Waals surface area (Å²) < 4.78 is 11.2. The van der Waals surface area contributed by atoms with Crippen molar-refractivity contribution in [1.29, 1.82) is 0 Å². The first-order valence-corrected chi connectivity index (χ1v) is 8.39. The molecule has 0 saturated carbocycles. The van der Waals surface area contributed by atoms with E-state index in [4.69, 9.17) is 32.7 Å². The van der Waals surface area contributed by atoms with Crippen molar-refractivity contribution >= 4 is 23.2 Å². The van der Waals surface area contributed by atoms with E-state index in [2.05, 4.69) is 9.97 Å². The Balaban J connectivity index is 1.73. The molecule has 25 heavy (non-hydrogen) atoms. The van der Waals surface area contributed by atoms with E-state index in [0.29, 0.717) is 29.1 Å². The lowest BCUT2D eigenvalue weighted by Crippen LogP contribution is -1.98. The van der Waals surface area contributed by atoms with Crippen molar-refractivity contribution < 1.29 is 9.47 Å². The van der Waals surface area contributed by atoms with Gasteiger partial charge in [-0.2, -0.15) is 0 Å². The molecule has 1 heterocycles. The van der Waals surface area contributed by atoms with Crippen LogP contribution in [0, 0.1) is 0 Å². The van der Waals surface area contributed by atoms with Gasteiger partial charge in [0.2, 0.25) is 0 Å². The molecule has 0 radical (unpaired) electrons. The van der Waals surface area contributed by atoms with Gasteiger partial charge in [0.25, 0.3) is 0 Å². The van der Waals surface area contributed by atoms with Gasteiger partial charge in [0.05, 0.1) is 25.9 Å². The highest BCUT2D eigenvalue weighted by atomic mass is 35.5. The fraction of sp³-hybridized carbons (Fsp3) is 0.158. The van der Waals surface area contributed by atoms with Crippen LogP contribution in [0.3, 0.4) is 0 Å². The second-order valence-electron chi connectivity index (χ2n) is 5.34. The predicted octanol–water partition coefficient (Wildman–Crippen LogP) is 5.18. The predicted molar refractivity (Wildman–Crippen MR) is 99.0 cm³/mol. The minimum absolute atomic E-state index is 0.402. The molecule has 0 aliphatic carbocycles. The van der Waals surface area contributed by atoms with Crippen molar-refractivity contribution in [2.45, 2.75) is 13.2 Å². The first-order chi connectivity index (χ1) is 12.2. The zero-order valence-corrected chi connectivity index (χ0v) is 15.1. The van der Waals surface area contributed by atoms with Gasteiger partial charge in [-0.15, -0.1) is 0 Å². The summed E-state index contributed by atoms with van der Waals surface area (Å²) in [6.45, 7) is 0.835. The molecular weight excluding hydrogens is 359 g/mol. The maximum absolute atomic E-state index is 6.16. The summed E-state index contributed by atoms with van der Waals surface area (Å²) in [6.07, 6.45) is 3.40. The monoisotopic (exact) mass is 374 g/mol. The molecule has 3 rings (SSSR count). The van der Waals surface area contributed by atoms with E-state index >= 15 is 0 Å². The van der Waals surface area contributed by atoms with Crippen molar-refractivity contribution in [3.05, 3.63) is 76.0 Å². The Morgan fingerprint density at radius 3 is 2.48 bits per heavy atom. The first-order valence-electron chi connectivity index (χ1n) is 7.63. The molecule has 0 atom stereocenters. The molecule has 6 heteroatoms. The van der Waals surface area contributed by atoms with Crippen LogP contribution < -0.4 is 4.74 Å². The Morgan fingerprint density at radius 1 is 0.960 bits per heavy atom. The lowest BCUT2D eigenvalue weighted by atomic mass is 10.1. The van der Waals surface area contributed by atoms with Gasteiger partial charge in [-0.3, -0.25) is 0 Å². The molecular formula is C19H16Cl2N2O2. The van der Waals surface area contributed by atoms with Crippen LogP contribution in [-0.4, -0.2) is 17.1 Å². The number of hydrogen-bond acceptors (Lipinski definition) is 4. The molecule has 0 spiro atoms. The van der Waals surface area contributed by atoms with Crippen LogP contribution in [0.4, 0.5) is 0 Å². The number of nitrogens with zero attached hydrogens (tertiary/aromatic N) is 2. The molecule has 0 saturated heterocycles. The van der Waals surface area contributed by atoms with Gasteiger partial charge >= 0.3 is 0 Å². The topological polar surface area (TPSA) is 44.2 Å². The Hall–Kier alpha value is -2.14. The number of benzene rings is 2. The first kappa shape index (κ1) is 17.7. The summed E-state index contributed by atoms with van der Waals surface area (Å²) in [7, 11) is 1.63. The van der Waals surface area contributed by atoms with Crippen LogP contribution >= 0.6 is 23.2 Å². The highest BCUT2D eigenvalue weighted by molar-refractivity contribution is 6.35. The lowest BCUT2D eigenvalue weighted by molar-refractivity contribution is 0.107. The van der Waals surface area contributed by atoms with Crippen molar-refractivity contribution in [2.24, 2.45) is 0 Å². The van der Waals surface area contributed by atoms with E-state index in [1.54, 1.807) is 37.7 Å². The summed E-state index contributed by atoms with van der Waals surface area (Å²) in [5.74, 6) is 1.33. The fourth-order valence-corrected chi connectivity index (χ4v) is 2.84. The SMILES string of the molecule is COc1ccc(COCc2ccc(Cl)cc2Cl)cc1-c1ncccn1. The van der Waals surface area contributed by atoms with E-state index in [0.717, 1.165) is 22.4 Å². The fourth-order valence-electron chi connectivity index (χ4n) is 2.38. The van der Waals surface area contributed by atoms with Crippen molar-refractivity contribution in [3.8, 4) is 17.1 Å². The summed E-state index contributed by atoms with van der Waals surface area (Å²) in [4.78, 5) is 8.57. The normalized spacial score (nSPS) is 10.7. The van der Waals surface area contributed by atoms with Crippen LogP contribution in [0.15, 0.2) is 54.9 Å². The minimum atomic E-state index is 0.402. The van der Waals surface area contributed by atoms with Gasteiger partial charge in [0.15, 0.2) is 5.82 Å². The highest BCUT2D eigenvalue weighted by Crippen LogP contribution is 2.28. The zero-order valence-electron chi connectivity index (χ0n) is 13.6. The quantitative estimate of drug-likeness (QED) is 0.596. The second kappa shape index (κ2) is 8.30. The summed E-state index contributed by atoms with van der Waals surface area (Å²) in [5.41, 5.74) is 2.72. The molecule has 0 bridgehead atoms. The van der Waals surface area contributed by atoms with E-state index in [1.807, 2.05) is 24.3 Å². The molecule has 1 aromatic heterocycles. The Morgan fingerprint density at radius 2 is 1.76 bits per heavy atom. The third-order valence-corrected chi connectivity index (χ3v) is 4.20. The molecule has 3 aromatic rings. The largest absolute Gasteiger partial charge is 0.496 e.